The molecule has 92 valence electrons. The first kappa shape index (κ1) is 12.3. The summed E-state index contributed by atoms with van der Waals surface area (Å²) in [5.74, 6) is 0.696. The number of aryl methyl sites for hydroxylation is 2. The highest BCUT2D eigenvalue weighted by Gasteiger charge is 2.35. The van der Waals surface area contributed by atoms with Gasteiger partial charge >= 0.3 is 0 Å². The van der Waals surface area contributed by atoms with Crippen molar-refractivity contribution in [2.75, 3.05) is 7.11 Å². The normalized spacial score (nSPS) is 16.9. The third-order valence-electron chi connectivity index (χ3n) is 3.49. The predicted octanol–water partition coefficient (Wildman–Crippen LogP) is 2.84. The second-order valence-electron chi connectivity index (χ2n) is 5.07. The van der Waals surface area contributed by atoms with Crippen molar-refractivity contribution < 1.29 is 9.53 Å². The lowest BCUT2D eigenvalue weighted by Crippen LogP contribution is -2.27. The van der Waals surface area contributed by atoms with Gasteiger partial charge in [-0.05, 0) is 43.7 Å². The highest BCUT2D eigenvalue weighted by Crippen LogP contribution is 2.35. The molecule has 0 radical (unpaired) electrons. The fourth-order valence-corrected chi connectivity index (χ4v) is 2.26. The van der Waals surface area contributed by atoms with Gasteiger partial charge in [0.1, 0.15) is 6.10 Å². The summed E-state index contributed by atoms with van der Waals surface area (Å²) < 4.78 is 5.33. The minimum absolute atomic E-state index is 0.185. The molecule has 1 fully saturated rings. The maximum atomic E-state index is 12.2. The Bertz CT molecular complexity index is 419. The van der Waals surface area contributed by atoms with E-state index in [1.807, 2.05) is 0 Å². The van der Waals surface area contributed by atoms with E-state index in [-0.39, 0.29) is 11.9 Å². The van der Waals surface area contributed by atoms with Crippen LogP contribution in [0.15, 0.2) is 18.2 Å². The molecule has 0 amide bonds. The first-order valence-corrected chi connectivity index (χ1v) is 6.23. The molecule has 2 rings (SSSR count). The van der Waals surface area contributed by atoms with Gasteiger partial charge in [0.15, 0.2) is 5.78 Å². The summed E-state index contributed by atoms with van der Waals surface area (Å²) in [5, 5.41) is 0. The van der Waals surface area contributed by atoms with Gasteiger partial charge in [-0.15, -0.1) is 0 Å². The topological polar surface area (TPSA) is 26.3 Å². The molecule has 0 saturated heterocycles. The molecule has 0 spiro atoms. The van der Waals surface area contributed by atoms with Gasteiger partial charge in [0, 0.05) is 13.5 Å². The number of carbonyl (C=O) groups is 1. The maximum absolute atomic E-state index is 12.2. The first-order valence-electron chi connectivity index (χ1n) is 6.23. The number of carbonyl (C=O) groups excluding carboxylic acids is 1. The third kappa shape index (κ3) is 2.95. The van der Waals surface area contributed by atoms with Crippen molar-refractivity contribution >= 4 is 5.78 Å². The Balaban J connectivity index is 2.08. The standard InChI is InChI=1S/C15H20O2/c1-10-4-5-11(2)13(8-10)9-14(16)15(17-3)12-6-7-12/h4-5,8,12,15H,6-7,9H2,1-3H3. The highest BCUT2D eigenvalue weighted by atomic mass is 16.5. The van der Waals surface area contributed by atoms with Crippen molar-refractivity contribution in [3.8, 4) is 0 Å². The van der Waals surface area contributed by atoms with Crippen LogP contribution in [0.5, 0.6) is 0 Å². The molecule has 1 unspecified atom stereocenters. The average Bonchev–Trinajstić information content (AvgIpc) is 3.09. The summed E-state index contributed by atoms with van der Waals surface area (Å²) in [6.07, 6.45) is 2.59. The van der Waals surface area contributed by atoms with E-state index in [2.05, 4.69) is 32.0 Å². The first-order chi connectivity index (χ1) is 8.11. The SMILES string of the molecule is COC(C(=O)Cc1cc(C)ccc1C)C1CC1. The fourth-order valence-electron chi connectivity index (χ4n) is 2.26. The number of hydrogen-bond acceptors (Lipinski definition) is 2. The van der Waals surface area contributed by atoms with Gasteiger partial charge in [-0.2, -0.15) is 0 Å². The van der Waals surface area contributed by atoms with E-state index < -0.39 is 0 Å². The van der Waals surface area contributed by atoms with Gasteiger partial charge in [0.25, 0.3) is 0 Å². The number of rotatable bonds is 5. The van der Waals surface area contributed by atoms with Gasteiger partial charge in [-0.3, -0.25) is 4.79 Å². The molecule has 1 aromatic rings. The highest BCUT2D eigenvalue weighted by molar-refractivity contribution is 5.86. The van der Waals surface area contributed by atoms with Crippen LogP contribution in [0.4, 0.5) is 0 Å². The van der Waals surface area contributed by atoms with E-state index in [4.69, 9.17) is 4.74 Å². The molecule has 2 nitrogen and oxygen atoms in total. The molecule has 1 atom stereocenters. The van der Waals surface area contributed by atoms with E-state index in [0.29, 0.717) is 12.3 Å². The quantitative estimate of drug-likeness (QED) is 0.780. The predicted molar refractivity (Wildman–Crippen MR) is 68.1 cm³/mol. The zero-order valence-corrected chi connectivity index (χ0v) is 10.8. The molecule has 0 N–H and O–H groups in total. The van der Waals surface area contributed by atoms with Crippen molar-refractivity contribution in [3.63, 3.8) is 0 Å². The Morgan fingerprint density at radius 3 is 2.71 bits per heavy atom. The van der Waals surface area contributed by atoms with E-state index in [1.165, 1.54) is 11.1 Å². The van der Waals surface area contributed by atoms with Gasteiger partial charge in [0.05, 0.1) is 0 Å². The maximum Gasteiger partial charge on any atom is 0.166 e. The van der Waals surface area contributed by atoms with Crippen molar-refractivity contribution in [3.05, 3.63) is 34.9 Å². The van der Waals surface area contributed by atoms with E-state index in [1.54, 1.807) is 7.11 Å². The van der Waals surface area contributed by atoms with Gasteiger partial charge < -0.3 is 4.74 Å². The third-order valence-corrected chi connectivity index (χ3v) is 3.49. The minimum Gasteiger partial charge on any atom is -0.373 e. The van der Waals surface area contributed by atoms with Crippen LogP contribution in [-0.4, -0.2) is 19.0 Å². The fraction of sp³-hybridized carbons (Fsp3) is 0.533. The van der Waals surface area contributed by atoms with Crippen LogP contribution in [0.1, 0.15) is 29.5 Å². The van der Waals surface area contributed by atoms with Crippen LogP contribution in [0, 0.1) is 19.8 Å². The van der Waals surface area contributed by atoms with Crippen molar-refractivity contribution in [1.82, 2.24) is 0 Å². The number of benzene rings is 1. The van der Waals surface area contributed by atoms with Gasteiger partial charge in [-0.25, -0.2) is 0 Å². The van der Waals surface area contributed by atoms with Crippen molar-refractivity contribution in [1.29, 1.82) is 0 Å². The summed E-state index contributed by atoms with van der Waals surface area (Å²) in [5.41, 5.74) is 3.53. The van der Waals surface area contributed by atoms with Crippen molar-refractivity contribution in [2.45, 2.75) is 39.2 Å². The Labute approximate surface area is 103 Å². The summed E-state index contributed by atoms with van der Waals surface area (Å²) in [7, 11) is 1.64. The number of ketones is 1. The summed E-state index contributed by atoms with van der Waals surface area (Å²) in [6.45, 7) is 4.11. The number of hydrogen-bond donors (Lipinski definition) is 0. The average molecular weight is 232 g/mol. The summed E-state index contributed by atoms with van der Waals surface area (Å²) in [4.78, 5) is 12.2. The minimum atomic E-state index is -0.185. The Kier molecular flexibility index (Phi) is 3.63. The molecule has 17 heavy (non-hydrogen) atoms. The molecule has 1 saturated carbocycles. The van der Waals surface area contributed by atoms with Crippen LogP contribution in [-0.2, 0) is 16.0 Å². The second-order valence-corrected chi connectivity index (χ2v) is 5.07. The molecule has 0 aliphatic heterocycles. The zero-order chi connectivity index (χ0) is 12.4. The van der Waals surface area contributed by atoms with Crippen LogP contribution >= 0.6 is 0 Å². The van der Waals surface area contributed by atoms with Crippen molar-refractivity contribution in [2.24, 2.45) is 5.92 Å². The zero-order valence-electron chi connectivity index (χ0n) is 10.8. The Morgan fingerprint density at radius 1 is 1.41 bits per heavy atom. The molecular formula is C15H20O2. The number of methoxy groups -OCH3 is 1. The summed E-state index contributed by atoms with van der Waals surface area (Å²) >= 11 is 0. The monoisotopic (exact) mass is 232 g/mol. The van der Waals surface area contributed by atoms with Crippen LogP contribution in [0.2, 0.25) is 0 Å². The van der Waals surface area contributed by atoms with Gasteiger partial charge in [-0.1, -0.05) is 23.8 Å². The molecule has 2 heteroatoms. The summed E-state index contributed by atoms with van der Waals surface area (Å²) in [6, 6.07) is 6.27. The van der Waals surface area contributed by atoms with Gasteiger partial charge in [0.2, 0.25) is 0 Å². The molecule has 1 aliphatic rings. The Morgan fingerprint density at radius 2 is 2.12 bits per heavy atom. The molecule has 0 heterocycles. The Hall–Kier alpha value is -1.15. The second kappa shape index (κ2) is 5.01. The largest absolute Gasteiger partial charge is 0.373 e. The molecule has 1 aliphatic carbocycles. The van der Waals surface area contributed by atoms with Crippen LogP contribution in [0.25, 0.3) is 0 Å². The molecule has 0 bridgehead atoms. The lowest BCUT2D eigenvalue weighted by molar-refractivity contribution is -0.129. The van der Waals surface area contributed by atoms with Crippen LogP contribution < -0.4 is 0 Å². The van der Waals surface area contributed by atoms with E-state index in [0.717, 1.165) is 18.4 Å². The van der Waals surface area contributed by atoms with Crippen LogP contribution in [0.3, 0.4) is 0 Å². The van der Waals surface area contributed by atoms with E-state index in [9.17, 15) is 4.79 Å². The lowest BCUT2D eigenvalue weighted by atomic mass is 9.97. The smallest absolute Gasteiger partial charge is 0.166 e. The molecular weight excluding hydrogens is 212 g/mol. The number of Topliss-reactive ketones (excluding diaryl/α,β-unsaturated/α-hetero) is 1. The lowest BCUT2D eigenvalue weighted by Gasteiger charge is -2.14. The van der Waals surface area contributed by atoms with E-state index >= 15 is 0 Å². The number of ether oxygens (including phenoxy) is 1. The molecule has 1 aromatic carbocycles. The molecule has 0 aromatic heterocycles.